The van der Waals surface area contributed by atoms with Gasteiger partial charge in [-0.2, -0.15) is 11.3 Å². The van der Waals surface area contributed by atoms with E-state index in [1.807, 2.05) is 16.8 Å². The Morgan fingerprint density at radius 1 is 1.23 bits per heavy atom. The lowest BCUT2D eigenvalue weighted by Crippen LogP contribution is -2.21. The van der Waals surface area contributed by atoms with Gasteiger partial charge in [0.1, 0.15) is 0 Å². The first-order valence-corrected chi connectivity index (χ1v) is 8.16. The zero-order chi connectivity index (χ0) is 15.9. The minimum atomic E-state index is -0.451. The number of benzene rings is 1. The van der Waals surface area contributed by atoms with Crippen LogP contribution in [0.25, 0.3) is 0 Å². The number of rotatable bonds is 6. The van der Waals surface area contributed by atoms with Crippen LogP contribution in [0.5, 0.6) is 0 Å². The van der Waals surface area contributed by atoms with E-state index in [-0.39, 0.29) is 13.0 Å². The number of thiophene rings is 1. The van der Waals surface area contributed by atoms with Crippen molar-refractivity contribution in [2.45, 2.75) is 12.8 Å². The summed E-state index contributed by atoms with van der Waals surface area (Å²) < 4.78 is 4.92. The van der Waals surface area contributed by atoms with Crippen molar-refractivity contribution in [1.29, 1.82) is 0 Å². The number of esters is 1. The molecule has 1 N–H and O–H groups in total. The number of ether oxygens (including phenoxy) is 1. The molecule has 4 nitrogen and oxygen atoms in total. The number of hydrogen-bond donors (Lipinski definition) is 1. The van der Waals surface area contributed by atoms with Crippen molar-refractivity contribution in [2.24, 2.45) is 0 Å². The summed E-state index contributed by atoms with van der Waals surface area (Å²) in [5.41, 5.74) is 1.50. The average molecular weight is 358 g/mol. The van der Waals surface area contributed by atoms with Gasteiger partial charge in [0.05, 0.1) is 10.7 Å². The molecule has 0 saturated heterocycles. The summed E-state index contributed by atoms with van der Waals surface area (Å²) in [6.07, 6.45) is 0.846. The van der Waals surface area contributed by atoms with Crippen LogP contribution in [-0.4, -0.2) is 18.5 Å². The lowest BCUT2D eigenvalue weighted by atomic mass is 10.2. The molecule has 2 aromatic rings. The van der Waals surface area contributed by atoms with Gasteiger partial charge in [0.25, 0.3) is 5.91 Å². The molecule has 1 amide bonds. The normalized spacial score (nSPS) is 10.3. The zero-order valence-electron chi connectivity index (χ0n) is 11.5. The van der Waals surface area contributed by atoms with Gasteiger partial charge in [0, 0.05) is 11.4 Å². The Hall–Kier alpha value is -1.56. The third kappa shape index (κ3) is 5.33. The summed E-state index contributed by atoms with van der Waals surface area (Å²) in [6.45, 7) is -0.346. The van der Waals surface area contributed by atoms with Gasteiger partial charge < -0.3 is 10.1 Å². The van der Waals surface area contributed by atoms with Crippen LogP contribution in [0, 0.1) is 0 Å². The molecule has 1 aromatic carbocycles. The van der Waals surface area contributed by atoms with Crippen LogP contribution in [0.4, 0.5) is 5.69 Å². The van der Waals surface area contributed by atoms with Gasteiger partial charge >= 0.3 is 5.97 Å². The Labute approximate surface area is 142 Å². The Kier molecular flexibility index (Phi) is 6.24. The van der Waals surface area contributed by atoms with Crippen LogP contribution in [0.15, 0.2) is 35.0 Å². The van der Waals surface area contributed by atoms with Gasteiger partial charge in [-0.3, -0.25) is 9.59 Å². The predicted molar refractivity (Wildman–Crippen MR) is 88.7 cm³/mol. The van der Waals surface area contributed by atoms with E-state index >= 15 is 0 Å². The third-order valence-corrected chi connectivity index (χ3v) is 4.05. The fourth-order valence-electron chi connectivity index (χ4n) is 1.68. The van der Waals surface area contributed by atoms with Crippen molar-refractivity contribution in [3.8, 4) is 0 Å². The Morgan fingerprint density at radius 2 is 2.05 bits per heavy atom. The number of halogens is 2. The van der Waals surface area contributed by atoms with Crippen molar-refractivity contribution in [3.63, 3.8) is 0 Å². The molecule has 1 aromatic heterocycles. The van der Waals surface area contributed by atoms with E-state index in [2.05, 4.69) is 5.32 Å². The number of carbonyl (C=O) groups excluding carboxylic acids is 2. The first kappa shape index (κ1) is 16.8. The first-order valence-electron chi connectivity index (χ1n) is 6.46. The standard InChI is InChI=1S/C15H13Cl2NO3S/c16-11-2-3-13(12(17)7-11)18-14(19)8-21-15(20)4-1-10-5-6-22-9-10/h2-3,5-7,9H,1,4,8H2,(H,18,19). The molecule has 1 heterocycles. The first-order chi connectivity index (χ1) is 10.5. The molecule has 0 saturated carbocycles. The average Bonchev–Trinajstić information content (AvgIpc) is 2.99. The molecule has 0 fully saturated rings. The summed E-state index contributed by atoms with van der Waals surface area (Å²) in [4.78, 5) is 23.3. The molecule has 0 radical (unpaired) electrons. The van der Waals surface area contributed by atoms with E-state index in [4.69, 9.17) is 27.9 Å². The fraction of sp³-hybridized carbons (Fsp3) is 0.200. The second-order valence-corrected chi connectivity index (χ2v) is 6.09. The van der Waals surface area contributed by atoms with E-state index in [1.165, 1.54) is 6.07 Å². The van der Waals surface area contributed by atoms with E-state index in [1.54, 1.807) is 23.5 Å². The number of anilines is 1. The largest absolute Gasteiger partial charge is 0.456 e. The SMILES string of the molecule is O=C(COC(=O)CCc1ccsc1)Nc1ccc(Cl)cc1Cl. The Balaban J connectivity index is 1.74. The highest BCUT2D eigenvalue weighted by atomic mass is 35.5. The topological polar surface area (TPSA) is 55.4 Å². The maximum Gasteiger partial charge on any atom is 0.306 e. The molecule has 0 aliphatic rings. The lowest BCUT2D eigenvalue weighted by Gasteiger charge is -2.08. The molecule has 116 valence electrons. The number of carbonyl (C=O) groups is 2. The van der Waals surface area contributed by atoms with Crippen LogP contribution >= 0.6 is 34.5 Å². The fourth-order valence-corrected chi connectivity index (χ4v) is 2.84. The molecule has 2 rings (SSSR count). The second kappa shape index (κ2) is 8.17. The van der Waals surface area contributed by atoms with E-state index < -0.39 is 11.9 Å². The van der Waals surface area contributed by atoms with Crippen LogP contribution in [-0.2, 0) is 20.7 Å². The third-order valence-electron chi connectivity index (χ3n) is 2.77. The molecule has 0 aliphatic carbocycles. The quantitative estimate of drug-likeness (QED) is 0.789. The highest BCUT2D eigenvalue weighted by Gasteiger charge is 2.10. The van der Waals surface area contributed by atoms with Crippen molar-refractivity contribution < 1.29 is 14.3 Å². The van der Waals surface area contributed by atoms with Gasteiger partial charge in [-0.15, -0.1) is 0 Å². The molecule has 0 aliphatic heterocycles. The minimum Gasteiger partial charge on any atom is -0.456 e. The summed E-state index contributed by atoms with van der Waals surface area (Å²) in [7, 11) is 0. The smallest absolute Gasteiger partial charge is 0.306 e. The number of aryl methyl sites for hydroxylation is 1. The maximum atomic E-state index is 11.7. The predicted octanol–water partition coefficient (Wildman–Crippen LogP) is 4.17. The summed E-state index contributed by atoms with van der Waals surface area (Å²) >= 11 is 13.3. The van der Waals surface area contributed by atoms with Gasteiger partial charge in [0.2, 0.25) is 0 Å². The summed E-state index contributed by atoms with van der Waals surface area (Å²) in [6, 6.07) is 6.66. The molecule has 0 spiro atoms. The number of amides is 1. The summed E-state index contributed by atoms with van der Waals surface area (Å²) in [5.74, 6) is -0.864. The van der Waals surface area contributed by atoms with Crippen LogP contribution in [0.3, 0.4) is 0 Å². The zero-order valence-corrected chi connectivity index (χ0v) is 13.8. The molecule has 22 heavy (non-hydrogen) atoms. The monoisotopic (exact) mass is 357 g/mol. The highest BCUT2D eigenvalue weighted by Crippen LogP contribution is 2.25. The second-order valence-electron chi connectivity index (χ2n) is 4.46. The van der Waals surface area contributed by atoms with E-state index in [9.17, 15) is 9.59 Å². The van der Waals surface area contributed by atoms with Crippen molar-refractivity contribution >= 4 is 52.1 Å². The van der Waals surface area contributed by atoms with Crippen LogP contribution in [0.1, 0.15) is 12.0 Å². The van der Waals surface area contributed by atoms with Gasteiger partial charge in [-0.25, -0.2) is 0 Å². The molecule has 0 atom stereocenters. The number of nitrogens with one attached hydrogen (secondary N) is 1. The van der Waals surface area contributed by atoms with Crippen molar-refractivity contribution in [2.75, 3.05) is 11.9 Å². The molecule has 0 unspecified atom stereocenters. The van der Waals surface area contributed by atoms with Gasteiger partial charge in [-0.05, 0) is 47.0 Å². The van der Waals surface area contributed by atoms with Gasteiger partial charge in [-0.1, -0.05) is 23.2 Å². The summed E-state index contributed by atoms with van der Waals surface area (Å²) in [5, 5.41) is 7.28. The molecule has 0 bridgehead atoms. The van der Waals surface area contributed by atoms with Crippen LogP contribution in [0.2, 0.25) is 10.0 Å². The minimum absolute atomic E-state index is 0.242. The molecule has 7 heteroatoms. The Morgan fingerprint density at radius 3 is 2.73 bits per heavy atom. The van der Waals surface area contributed by atoms with E-state index in [0.717, 1.165) is 5.56 Å². The van der Waals surface area contributed by atoms with Crippen molar-refractivity contribution in [1.82, 2.24) is 0 Å². The van der Waals surface area contributed by atoms with E-state index in [0.29, 0.717) is 22.2 Å². The highest BCUT2D eigenvalue weighted by molar-refractivity contribution is 7.07. The van der Waals surface area contributed by atoms with Crippen molar-refractivity contribution in [3.05, 3.63) is 50.6 Å². The van der Waals surface area contributed by atoms with Crippen LogP contribution < -0.4 is 5.32 Å². The molecular weight excluding hydrogens is 345 g/mol. The lowest BCUT2D eigenvalue weighted by molar-refractivity contribution is -0.147. The number of hydrogen-bond acceptors (Lipinski definition) is 4. The Bertz CT molecular complexity index is 659. The molecular formula is C15H13Cl2NO3S. The maximum absolute atomic E-state index is 11.7. The van der Waals surface area contributed by atoms with Gasteiger partial charge in [0.15, 0.2) is 6.61 Å².